The van der Waals surface area contributed by atoms with Gasteiger partial charge in [-0.15, -0.1) is 0 Å². The summed E-state index contributed by atoms with van der Waals surface area (Å²) in [6.07, 6.45) is 6.45. The summed E-state index contributed by atoms with van der Waals surface area (Å²) in [5.74, 6) is 0.993. The van der Waals surface area contributed by atoms with Gasteiger partial charge in [0.05, 0.1) is 6.26 Å². The van der Waals surface area contributed by atoms with E-state index in [4.69, 9.17) is 4.74 Å². The largest absolute Gasteiger partial charge is 0.465 e. The summed E-state index contributed by atoms with van der Waals surface area (Å²) in [7, 11) is 0. The average molecular weight is 174 g/mol. The number of fused-ring (bicyclic) bond motifs is 1. The molecule has 1 heteroatoms. The molecular weight excluding hydrogens is 160 g/mol. The van der Waals surface area contributed by atoms with Gasteiger partial charge >= 0.3 is 0 Å². The number of hydrogen-bond donors (Lipinski definition) is 0. The van der Waals surface area contributed by atoms with Gasteiger partial charge in [0, 0.05) is 0 Å². The van der Waals surface area contributed by atoms with Crippen LogP contribution < -0.4 is 4.74 Å². The molecule has 0 aromatic heterocycles. The van der Waals surface area contributed by atoms with E-state index in [-0.39, 0.29) is 0 Å². The topological polar surface area (TPSA) is 9.23 Å². The molecule has 13 heavy (non-hydrogen) atoms. The number of benzene rings is 1. The molecule has 0 fully saturated rings. The van der Waals surface area contributed by atoms with Gasteiger partial charge in [-0.2, -0.15) is 0 Å². The first kappa shape index (κ1) is 8.36. The lowest BCUT2D eigenvalue weighted by atomic mass is 9.91. The van der Waals surface area contributed by atoms with E-state index < -0.39 is 0 Å². The van der Waals surface area contributed by atoms with Crippen LogP contribution in [-0.4, -0.2) is 0 Å². The Hall–Kier alpha value is -1.24. The van der Waals surface area contributed by atoms with Crippen LogP contribution in [0.4, 0.5) is 0 Å². The monoisotopic (exact) mass is 174 g/mol. The second-order valence-electron chi connectivity index (χ2n) is 3.39. The smallest absolute Gasteiger partial charge is 0.129 e. The Kier molecular flexibility index (Phi) is 2.35. The average Bonchev–Trinajstić information content (AvgIpc) is 2.19. The molecule has 0 spiro atoms. The Morgan fingerprint density at radius 1 is 1.23 bits per heavy atom. The van der Waals surface area contributed by atoms with Crippen LogP contribution >= 0.6 is 0 Å². The summed E-state index contributed by atoms with van der Waals surface area (Å²) in [5.41, 5.74) is 2.83. The molecule has 1 aromatic rings. The minimum absolute atomic E-state index is 0.993. The van der Waals surface area contributed by atoms with Crippen LogP contribution in [-0.2, 0) is 12.8 Å². The first-order chi connectivity index (χ1) is 6.42. The van der Waals surface area contributed by atoms with E-state index in [0.29, 0.717) is 0 Å². The third kappa shape index (κ3) is 1.59. The highest BCUT2D eigenvalue weighted by molar-refractivity contribution is 5.41. The van der Waals surface area contributed by atoms with Crippen molar-refractivity contribution in [1.29, 1.82) is 0 Å². The molecule has 0 aliphatic heterocycles. The highest BCUT2D eigenvalue weighted by Gasteiger charge is 2.12. The van der Waals surface area contributed by atoms with Crippen molar-refractivity contribution in [1.82, 2.24) is 0 Å². The lowest BCUT2D eigenvalue weighted by Gasteiger charge is -2.17. The van der Waals surface area contributed by atoms with Crippen molar-refractivity contribution in [3.8, 4) is 5.75 Å². The van der Waals surface area contributed by atoms with Crippen LogP contribution in [0.25, 0.3) is 0 Å². The van der Waals surface area contributed by atoms with Crippen LogP contribution in [0.15, 0.2) is 31.0 Å². The van der Waals surface area contributed by atoms with Crippen molar-refractivity contribution < 1.29 is 4.74 Å². The van der Waals surface area contributed by atoms with Crippen molar-refractivity contribution in [2.24, 2.45) is 0 Å². The summed E-state index contributed by atoms with van der Waals surface area (Å²) < 4.78 is 5.37. The number of aryl methyl sites for hydroxylation is 1. The number of ether oxygens (including phenoxy) is 1. The first-order valence-electron chi connectivity index (χ1n) is 4.80. The first-order valence-corrected chi connectivity index (χ1v) is 4.80. The van der Waals surface area contributed by atoms with Crippen LogP contribution in [0, 0.1) is 0 Å². The van der Waals surface area contributed by atoms with E-state index >= 15 is 0 Å². The number of hydrogen-bond acceptors (Lipinski definition) is 1. The van der Waals surface area contributed by atoms with Crippen LogP contribution in [0.5, 0.6) is 5.75 Å². The minimum atomic E-state index is 0.993. The molecule has 1 aliphatic carbocycles. The lowest BCUT2D eigenvalue weighted by molar-refractivity contribution is 0.471. The molecule has 0 atom stereocenters. The fraction of sp³-hybridized carbons (Fsp3) is 0.333. The van der Waals surface area contributed by atoms with E-state index in [2.05, 4.69) is 18.7 Å². The maximum Gasteiger partial charge on any atom is 0.129 e. The molecule has 0 unspecified atom stereocenters. The molecule has 0 radical (unpaired) electrons. The van der Waals surface area contributed by atoms with Gasteiger partial charge in [0.15, 0.2) is 0 Å². The molecular formula is C12H14O. The Balaban J connectivity index is 2.39. The van der Waals surface area contributed by atoms with Gasteiger partial charge < -0.3 is 4.74 Å². The van der Waals surface area contributed by atoms with Crippen molar-refractivity contribution in [2.45, 2.75) is 25.7 Å². The van der Waals surface area contributed by atoms with Gasteiger partial charge in [-0.1, -0.05) is 18.7 Å². The zero-order valence-electron chi connectivity index (χ0n) is 7.75. The lowest BCUT2D eigenvalue weighted by Crippen LogP contribution is -2.03. The normalized spacial score (nSPS) is 14.8. The predicted molar refractivity (Wildman–Crippen MR) is 53.9 cm³/mol. The van der Waals surface area contributed by atoms with Gasteiger partial charge in [-0.25, -0.2) is 0 Å². The third-order valence-corrected chi connectivity index (χ3v) is 2.56. The summed E-state index contributed by atoms with van der Waals surface area (Å²) >= 11 is 0. The molecule has 1 nitrogen and oxygen atoms in total. The van der Waals surface area contributed by atoms with E-state index in [9.17, 15) is 0 Å². The van der Waals surface area contributed by atoms with E-state index in [0.717, 1.165) is 12.2 Å². The van der Waals surface area contributed by atoms with Crippen molar-refractivity contribution in [2.75, 3.05) is 0 Å². The third-order valence-electron chi connectivity index (χ3n) is 2.56. The maximum atomic E-state index is 5.37. The van der Waals surface area contributed by atoms with E-state index in [1.54, 1.807) is 0 Å². The molecule has 0 saturated heterocycles. The molecule has 1 aliphatic rings. The molecule has 0 amide bonds. The molecule has 0 N–H and O–H groups in total. The predicted octanol–water partition coefficient (Wildman–Crippen LogP) is 3.09. The van der Waals surface area contributed by atoms with Crippen LogP contribution in [0.1, 0.15) is 24.0 Å². The molecule has 0 heterocycles. The Morgan fingerprint density at radius 2 is 2.08 bits per heavy atom. The molecule has 68 valence electrons. The molecule has 0 saturated carbocycles. The van der Waals surface area contributed by atoms with Crippen molar-refractivity contribution in [3.63, 3.8) is 0 Å². The van der Waals surface area contributed by atoms with E-state index in [1.165, 1.54) is 36.7 Å². The van der Waals surface area contributed by atoms with Gasteiger partial charge in [-0.3, -0.25) is 0 Å². The Morgan fingerprint density at radius 3 is 2.92 bits per heavy atom. The minimum Gasteiger partial charge on any atom is -0.465 e. The van der Waals surface area contributed by atoms with Crippen molar-refractivity contribution >= 4 is 0 Å². The molecule has 1 aromatic carbocycles. The summed E-state index contributed by atoms with van der Waals surface area (Å²) in [4.78, 5) is 0. The maximum absolute atomic E-state index is 5.37. The van der Waals surface area contributed by atoms with Gasteiger partial charge in [0.25, 0.3) is 0 Å². The second-order valence-corrected chi connectivity index (χ2v) is 3.39. The molecule has 2 rings (SSSR count). The Labute approximate surface area is 79.0 Å². The van der Waals surface area contributed by atoms with Gasteiger partial charge in [0.2, 0.25) is 0 Å². The number of rotatable bonds is 2. The van der Waals surface area contributed by atoms with Crippen LogP contribution in [0.3, 0.4) is 0 Å². The fourth-order valence-corrected chi connectivity index (χ4v) is 1.95. The summed E-state index contributed by atoms with van der Waals surface area (Å²) in [6.45, 7) is 3.58. The van der Waals surface area contributed by atoms with E-state index in [1.807, 2.05) is 6.07 Å². The fourth-order valence-electron chi connectivity index (χ4n) is 1.95. The Bertz CT molecular complexity index is 315. The van der Waals surface area contributed by atoms with Gasteiger partial charge in [-0.05, 0) is 42.9 Å². The zero-order valence-corrected chi connectivity index (χ0v) is 7.75. The highest BCUT2D eigenvalue weighted by atomic mass is 16.5. The SMILES string of the molecule is C=COc1cccc2c1CCCC2. The summed E-state index contributed by atoms with van der Waals surface area (Å²) in [6, 6.07) is 6.28. The van der Waals surface area contributed by atoms with Gasteiger partial charge in [0.1, 0.15) is 5.75 Å². The molecule has 0 bridgehead atoms. The van der Waals surface area contributed by atoms with Crippen LogP contribution in [0.2, 0.25) is 0 Å². The highest BCUT2D eigenvalue weighted by Crippen LogP contribution is 2.29. The second kappa shape index (κ2) is 3.65. The zero-order chi connectivity index (χ0) is 9.10. The standard InChI is InChI=1S/C12H14O/c1-2-13-12-9-5-7-10-6-3-4-8-11(10)12/h2,5,7,9H,1,3-4,6,8H2. The van der Waals surface area contributed by atoms with Crippen molar-refractivity contribution in [3.05, 3.63) is 42.2 Å². The summed E-state index contributed by atoms with van der Waals surface area (Å²) in [5, 5.41) is 0. The quantitative estimate of drug-likeness (QED) is 0.626.